The van der Waals surface area contributed by atoms with Gasteiger partial charge in [-0.1, -0.05) is 30.7 Å². The Bertz CT molecular complexity index is 337. The van der Waals surface area contributed by atoms with Crippen molar-refractivity contribution >= 4 is 11.6 Å². The Hall–Kier alpha value is -0.570. The fraction of sp³-hybridized carbons (Fsp3) is 0.625. The van der Waals surface area contributed by atoms with Crippen LogP contribution in [0, 0.1) is 0 Å². The fourth-order valence-corrected chi connectivity index (χ4v) is 2.15. The van der Waals surface area contributed by atoms with Gasteiger partial charge in [0.1, 0.15) is 0 Å². The van der Waals surface area contributed by atoms with E-state index in [2.05, 4.69) is 38.2 Å². The summed E-state index contributed by atoms with van der Waals surface area (Å²) < 4.78 is 5.67. The maximum Gasteiger partial charge on any atom is 0.0518 e. The first-order chi connectivity index (χ1) is 9.13. The summed E-state index contributed by atoms with van der Waals surface area (Å²) in [4.78, 5) is 0. The normalized spacial score (nSPS) is 12.9. The van der Waals surface area contributed by atoms with Gasteiger partial charge in [0.2, 0.25) is 0 Å². The van der Waals surface area contributed by atoms with Crippen LogP contribution < -0.4 is 5.32 Å². The molecule has 0 saturated carbocycles. The van der Waals surface area contributed by atoms with Crippen LogP contribution in [0.4, 0.5) is 0 Å². The van der Waals surface area contributed by atoms with Crippen molar-refractivity contribution in [3.05, 3.63) is 34.9 Å². The molecule has 1 aromatic carbocycles. The van der Waals surface area contributed by atoms with E-state index in [0.717, 1.165) is 37.6 Å². The van der Waals surface area contributed by atoms with Crippen molar-refractivity contribution in [1.29, 1.82) is 0 Å². The summed E-state index contributed by atoms with van der Waals surface area (Å²) in [5.41, 5.74) is 1.33. The highest BCUT2D eigenvalue weighted by Gasteiger charge is 2.11. The van der Waals surface area contributed by atoms with Crippen LogP contribution in [0.15, 0.2) is 24.3 Å². The van der Waals surface area contributed by atoms with Crippen LogP contribution in [-0.4, -0.2) is 25.8 Å². The molecule has 0 fully saturated rings. The molecule has 1 rings (SSSR count). The molecule has 0 heterocycles. The lowest BCUT2D eigenvalue weighted by Crippen LogP contribution is -2.23. The second-order valence-corrected chi connectivity index (χ2v) is 5.60. The second kappa shape index (κ2) is 9.35. The first kappa shape index (κ1) is 16.5. The molecule has 1 N–H and O–H groups in total. The number of benzene rings is 1. The largest absolute Gasteiger partial charge is 0.379 e. The summed E-state index contributed by atoms with van der Waals surface area (Å²) in [7, 11) is 0. The molecule has 0 aliphatic carbocycles. The molecule has 0 bridgehead atoms. The number of hydrogen-bond acceptors (Lipinski definition) is 2. The van der Waals surface area contributed by atoms with Crippen molar-refractivity contribution in [1.82, 2.24) is 5.32 Å². The Labute approximate surface area is 122 Å². The van der Waals surface area contributed by atoms with Crippen molar-refractivity contribution in [2.24, 2.45) is 0 Å². The lowest BCUT2D eigenvalue weighted by Gasteiger charge is -2.19. The Balaban J connectivity index is 2.54. The number of hydrogen-bond donors (Lipinski definition) is 1. The van der Waals surface area contributed by atoms with Crippen molar-refractivity contribution < 1.29 is 4.74 Å². The van der Waals surface area contributed by atoms with E-state index >= 15 is 0 Å². The van der Waals surface area contributed by atoms with Crippen LogP contribution in [0.5, 0.6) is 0 Å². The quantitative estimate of drug-likeness (QED) is 0.685. The zero-order valence-corrected chi connectivity index (χ0v) is 13.0. The zero-order valence-electron chi connectivity index (χ0n) is 12.3. The average molecular weight is 284 g/mol. The Morgan fingerprint density at radius 3 is 2.47 bits per heavy atom. The van der Waals surface area contributed by atoms with Crippen LogP contribution in [0.25, 0.3) is 0 Å². The van der Waals surface area contributed by atoms with Gasteiger partial charge in [-0.2, -0.15) is 0 Å². The number of nitrogens with one attached hydrogen (secondary N) is 1. The number of rotatable bonds is 9. The second-order valence-electron chi connectivity index (χ2n) is 5.16. The van der Waals surface area contributed by atoms with E-state index in [1.54, 1.807) is 0 Å². The van der Waals surface area contributed by atoms with Gasteiger partial charge in [0, 0.05) is 18.2 Å². The molecule has 0 amide bonds. The van der Waals surface area contributed by atoms with Crippen LogP contribution in [-0.2, 0) is 4.74 Å². The van der Waals surface area contributed by atoms with Gasteiger partial charge < -0.3 is 10.1 Å². The van der Waals surface area contributed by atoms with E-state index in [1.807, 2.05) is 12.1 Å². The van der Waals surface area contributed by atoms with Crippen molar-refractivity contribution in [2.45, 2.75) is 45.6 Å². The van der Waals surface area contributed by atoms with Crippen molar-refractivity contribution in [3.63, 3.8) is 0 Å². The van der Waals surface area contributed by atoms with Gasteiger partial charge in [0.15, 0.2) is 0 Å². The van der Waals surface area contributed by atoms with Gasteiger partial charge in [-0.15, -0.1) is 0 Å². The molecule has 0 spiro atoms. The molecule has 19 heavy (non-hydrogen) atoms. The maximum atomic E-state index is 5.95. The fourth-order valence-electron chi connectivity index (χ4n) is 2.02. The minimum absolute atomic E-state index is 0.300. The van der Waals surface area contributed by atoms with Gasteiger partial charge in [-0.05, 0) is 56.8 Å². The van der Waals surface area contributed by atoms with Gasteiger partial charge in [-0.25, -0.2) is 0 Å². The molecule has 1 unspecified atom stereocenters. The van der Waals surface area contributed by atoms with Gasteiger partial charge in [0.05, 0.1) is 6.10 Å². The summed E-state index contributed by atoms with van der Waals surface area (Å²) in [6, 6.07) is 8.17. The molecule has 2 nitrogen and oxygen atoms in total. The third-order valence-electron chi connectivity index (χ3n) is 3.08. The van der Waals surface area contributed by atoms with Gasteiger partial charge in [-0.3, -0.25) is 0 Å². The predicted molar refractivity (Wildman–Crippen MR) is 83.1 cm³/mol. The Kier molecular flexibility index (Phi) is 8.11. The summed E-state index contributed by atoms with van der Waals surface area (Å²) >= 11 is 5.95. The molecular formula is C16H26ClNO. The molecular weight excluding hydrogens is 258 g/mol. The van der Waals surface area contributed by atoms with E-state index in [9.17, 15) is 0 Å². The number of halogens is 1. The van der Waals surface area contributed by atoms with Crippen LogP contribution in [0.3, 0.4) is 0 Å². The smallest absolute Gasteiger partial charge is 0.0518 e. The molecule has 1 atom stereocenters. The highest BCUT2D eigenvalue weighted by molar-refractivity contribution is 6.30. The zero-order chi connectivity index (χ0) is 14.1. The van der Waals surface area contributed by atoms with E-state index in [-0.39, 0.29) is 0 Å². The number of ether oxygens (including phenoxy) is 1. The van der Waals surface area contributed by atoms with Crippen molar-refractivity contribution in [3.8, 4) is 0 Å². The SMILES string of the molecule is CCCNCC(CCOC(C)C)c1ccc(Cl)cc1. The highest BCUT2D eigenvalue weighted by Crippen LogP contribution is 2.21. The first-order valence-electron chi connectivity index (χ1n) is 7.21. The Morgan fingerprint density at radius 2 is 1.89 bits per heavy atom. The van der Waals surface area contributed by atoms with E-state index in [0.29, 0.717) is 12.0 Å². The lowest BCUT2D eigenvalue weighted by molar-refractivity contribution is 0.0733. The van der Waals surface area contributed by atoms with Gasteiger partial charge in [0.25, 0.3) is 0 Å². The van der Waals surface area contributed by atoms with Crippen molar-refractivity contribution in [2.75, 3.05) is 19.7 Å². The van der Waals surface area contributed by atoms with Crippen LogP contribution >= 0.6 is 11.6 Å². The molecule has 108 valence electrons. The van der Waals surface area contributed by atoms with E-state index in [1.165, 1.54) is 5.56 Å². The van der Waals surface area contributed by atoms with Gasteiger partial charge >= 0.3 is 0 Å². The van der Waals surface area contributed by atoms with E-state index in [4.69, 9.17) is 16.3 Å². The third-order valence-corrected chi connectivity index (χ3v) is 3.33. The lowest BCUT2D eigenvalue weighted by atomic mass is 9.96. The molecule has 0 aliphatic rings. The maximum absolute atomic E-state index is 5.95. The summed E-state index contributed by atoms with van der Waals surface area (Å²) in [6.45, 7) is 9.20. The Morgan fingerprint density at radius 1 is 1.21 bits per heavy atom. The highest BCUT2D eigenvalue weighted by atomic mass is 35.5. The molecule has 1 aromatic rings. The summed E-state index contributed by atoms with van der Waals surface area (Å²) in [5, 5.41) is 4.29. The molecule has 0 aliphatic heterocycles. The standard InChI is InChI=1S/C16H26ClNO/c1-4-10-18-12-15(9-11-19-13(2)3)14-5-7-16(17)8-6-14/h5-8,13,15,18H,4,9-12H2,1-3H3. The van der Waals surface area contributed by atoms with Crippen LogP contribution in [0.2, 0.25) is 5.02 Å². The minimum Gasteiger partial charge on any atom is -0.379 e. The molecule has 0 radical (unpaired) electrons. The first-order valence-corrected chi connectivity index (χ1v) is 7.59. The predicted octanol–water partition coefficient (Wildman–Crippen LogP) is 4.24. The molecule has 0 aromatic heterocycles. The average Bonchev–Trinajstić information content (AvgIpc) is 2.38. The van der Waals surface area contributed by atoms with Crippen LogP contribution in [0.1, 0.15) is 45.1 Å². The minimum atomic E-state index is 0.300. The topological polar surface area (TPSA) is 21.3 Å². The summed E-state index contributed by atoms with van der Waals surface area (Å²) in [5.74, 6) is 0.488. The van der Waals surface area contributed by atoms with E-state index < -0.39 is 0 Å². The third kappa shape index (κ3) is 6.95. The molecule has 3 heteroatoms. The summed E-state index contributed by atoms with van der Waals surface area (Å²) in [6.07, 6.45) is 2.50. The molecule has 0 saturated heterocycles. The monoisotopic (exact) mass is 283 g/mol.